The Morgan fingerprint density at radius 1 is 0.875 bits per heavy atom. The average molecular weight is 359 g/mol. The first-order chi connectivity index (χ1) is 11.6. The van der Waals surface area contributed by atoms with Gasteiger partial charge in [0.15, 0.2) is 0 Å². The minimum atomic E-state index is 0.657. The number of hydrogen-bond donors (Lipinski definition) is 2. The number of aryl methyl sites for hydroxylation is 1. The number of benzene rings is 2. The molecule has 0 saturated carbocycles. The van der Waals surface area contributed by atoms with Gasteiger partial charge in [-0.3, -0.25) is 0 Å². The Bertz CT molecular complexity index is 835. The summed E-state index contributed by atoms with van der Waals surface area (Å²) in [7, 11) is 0. The minimum absolute atomic E-state index is 0.657. The van der Waals surface area contributed by atoms with Crippen LogP contribution in [-0.4, -0.2) is 9.97 Å². The molecule has 0 aliphatic carbocycles. The monoisotopic (exact) mass is 358 g/mol. The number of nitrogens with one attached hydrogen (secondary N) is 2. The summed E-state index contributed by atoms with van der Waals surface area (Å²) < 4.78 is 0. The van der Waals surface area contributed by atoms with Crippen molar-refractivity contribution < 1.29 is 0 Å². The molecule has 0 spiro atoms. The van der Waals surface area contributed by atoms with Gasteiger partial charge in [-0.15, -0.1) is 0 Å². The van der Waals surface area contributed by atoms with Gasteiger partial charge in [0, 0.05) is 28.3 Å². The SMILES string of the molecule is Cc1nc(NCc2ccc(Cl)cc2)cc(Nc2cccc(Cl)c2)n1. The second-order valence-electron chi connectivity index (χ2n) is 5.30. The van der Waals surface area contributed by atoms with Crippen molar-refractivity contribution in [3.05, 3.63) is 76.0 Å². The molecular formula is C18H16Cl2N4. The topological polar surface area (TPSA) is 49.8 Å². The molecular weight excluding hydrogens is 343 g/mol. The van der Waals surface area contributed by atoms with E-state index in [-0.39, 0.29) is 0 Å². The van der Waals surface area contributed by atoms with Gasteiger partial charge >= 0.3 is 0 Å². The van der Waals surface area contributed by atoms with Gasteiger partial charge in [-0.05, 0) is 42.8 Å². The molecule has 0 saturated heterocycles. The van der Waals surface area contributed by atoms with Gasteiger partial charge in [-0.1, -0.05) is 41.4 Å². The predicted molar refractivity (Wildman–Crippen MR) is 100 cm³/mol. The first kappa shape index (κ1) is 16.6. The van der Waals surface area contributed by atoms with Crippen LogP contribution < -0.4 is 10.6 Å². The van der Waals surface area contributed by atoms with Crippen LogP contribution in [0.25, 0.3) is 0 Å². The Labute approximate surface area is 150 Å². The highest BCUT2D eigenvalue weighted by Gasteiger charge is 2.03. The van der Waals surface area contributed by atoms with E-state index in [1.165, 1.54) is 0 Å². The van der Waals surface area contributed by atoms with Gasteiger partial charge in [0.25, 0.3) is 0 Å². The summed E-state index contributed by atoms with van der Waals surface area (Å²) in [5, 5.41) is 7.94. The van der Waals surface area contributed by atoms with Crippen LogP contribution in [0.4, 0.5) is 17.3 Å². The molecule has 0 radical (unpaired) electrons. The van der Waals surface area contributed by atoms with Crippen LogP contribution in [0, 0.1) is 6.92 Å². The van der Waals surface area contributed by atoms with Crippen molar-refractivity contribution in [1.82, 2.24) is 9.97 Å². The molecule has 0 fully saturated rings. The zero-order chi connectivity index (χ0) is 16.9. The van der Waals surface area contributed by atoms with E-state index < -0.39 is 0 Å². The Kier molecular flexibility index (Phi) is 5.18. The smallest absolute Gasteiger partial charge is 0.136 e. The predicted octanol–water partition coefficient (Wildman–Crippen LogP) is 5.45. The summed E-state index contributed by atoms with van der Waals surface area (Å²) >= 11 is 11.9. The van der Waals surface area contributed by atoms with Gasteiger partial charge in [0.1, 0.15) is 17.5 Å². The molecule has 3 aromatic rings. The second kappa shape index (κ2) is 7.51. The molecule has 24 heavy (non-hydrogen) atoms. The van der Waals surface area contributed by atoms with Crippen molar-refractivity contribution >= 4 is 40.5 Å². The van der Waals surface area contributed by atoms with E-state index in [2.05, 4.69) is 20.6 Å². The van der Waals surface area contributed by atoms with Crippen molar-refractivity contribution in [1.29, 1.82) is 0 Å². The third kappa shape index (κ3) is 4.60. The van der Waals surface area contributed by atoms with Gasteiger partial charge in [-0.25, -0.2) is 9.97 Å². The molecule has 0 bridgehead atoms. The van der Waals surface area contributed by atoms with Crippen LogP contribution in [0.1, 0.15) is 11.4 Å². The third-order valence-electron chi connectivity index (χ3n) is 3.32. The lowest BCUT2D eigenvalue weighted by molar-refractivity contribution is 1.03. The molecule has 0 atom stereocenters. The number of rotatable bonds is 5. The van der Waals surface area contributed by atoms with Crippen molar-refractivity contribution in [2.75, 3.05) is 10.6 Å². The average Bonchev–Trinajstić information content (AvgIpc) is 2.54. The van der Waals surface area contributed by atoms with Crippen molar-refractivity contribution in [3.63, 3.8) is 0 Å². The molecule has 2 N–H and O–H groups in total. The Morgan fingerprint density at radius 2 is 1.62 bits per heavy atom. The normalized spacial score (nSPS) is 10.5. The van der Waals surface area contributed by atoms with E-state index in [0.717, 1.165) is 22.1 Å². The highest BCUT2D eigenvalue weighted by atomic mass is 35.5. The molecule has 1 aromatic heterocycles. The first-order valence-electron chi connectivity index (χ1n) is 7.45. The van der Waals surface area contributed by atoms with Crippen molar-refractivity contribution in [3.8, 4) is 0 Å². The Balaban J connectivity index is 1.72. The van der Waals surface area contributed by atoms with Gasteiger partial charge in [0.05, 0.1) is 0 Å². The lowest BCUT2D eigenvalue weighted by Crippen LogP contribution is -2.05. The fourth-order valence-corrected chi connectivity index (χ4v) is 2.55. The van der Waals surface area contributed by atoms with Crippen LogP contribution in [0.5, 0.6) is 0 Å². The van der Waals surface area contributed by atoms with Gasteiger partial charge in [0.2, 0.25) is 0 Å². The fourth-order valence-electron chi connectivity index (χ4n) is 2.23. The molecule has 122 valence electrons. The number of aromatic nitrogens is 2. The fraction of sp³-hybridized carbons (Fsp3) is 0.111. The number of hydrogen-bond acceptors (Lipinski definition) is 4. The van der Waals surface area contributed by atoms with E-state index >= 15 is 0 Å². The van der Waals surface area contributed by atoms with Crippen LogP contribution in [0.3, 0.4) is 0 Å². The molecule has 3 rings (SSSR count). The summed E-state index contributed by atoms with van der Waals surface area (Å²) in [6, 6.07) is 17.1. The molecule has 2 aromatic carbocycles. The second-order valence-corrected chi connectivity index (χ2v) is 6.17. The zero-order valence-electron chi connectivity index (χ0n) is 13.1. The summed E-state index contributed by atoms with van der Waals surface area (Å²) in [5.74, 6) is 2.14. The maximum atomic E-state index is 6.01. The Morgan fingerprint density at radius 3 is 2.38 bits per heavy atom. The third-order valence-corrected chi connectivity index (χ3v) is 3.81. The van der Waals surface area contributed by atoms with Crippen LogP contribution in [0.2, 0.25) is 10.0 Å². The lowest BCUT2D eigenvalue weighted by Gasteiger charge is -2.10. The molecule has 0 aliphatic rings. The lowest BCUT2D eigenvalue weighted by atomic mass is 10.2. The van der Waals surface area contributed by atoms with Gasteiger partial charge < -0.3 is 10.6 Å². The number of halogens is 2. The highest BCUT2D eigenvalue weighted by Crippen LogP contribution is 2.21. The summed E-state index contributed by atoms with van der Waals surface area (Å²) in [5.41, 5.74) is 2.00. The molecule has 1 heterocycles. The Hall–Kier alpha value is -2.30. The maximum Gasteiger partial charge on any atom is 0.136 e. The zero-order valence-corrected chi connectivity index (χ0v) is 14.6. The van der Waals surface area contributed by atoms with Gasteiger partial charge in [-0.2, -0.15) is 0 Å². The first-order valence-corrected chi connectivity index (χ1v) is 8.21. The quantitative estimate of drug-likeness (QED) is 0.636. The van der Waals surface area contributed by atoms with Crippen LogP contribution in [-0.2, 0) is 6.54 Å². The number of nitrogens with zero attached hydrogens (tertiary/aromatic N) is 2. The van der Waals surface area contributed by atoms with Crippen molar-refractivity contribution in [2.45, 2.75) is 13.5 Å². The summed E-state index contributed by atoms with van der Waals surface area (Å²) in [4.78, 5) is 8.81. The van der Waals surface area contributed by atoms with Crippen molar-refractivity contribution in [2.24, 2.45) is 0 Å². The van der Waals surface area contributed by atoms with Crippen LogP contribution >= 0.6 is 23.2 Å². The minimum Gasteiger partial charge on any atom is -0.366 e. The number of anilines is 3. The molecule has 0 aliphatic heterocycles. The highest BCUT2D eigenvalue weighted by molar-refractivity contribution is 6.31. The largest absolute Gasteiger partial charge is 0.366 e. The van der Waals surface area contributed by atoms with Crippen LogP contribution in [0.15, 0.2) is 54.6 Å². The van der Waals surface area contributed by atoms with E-state index in [1.54, 1.807) is 0 Å². The molecule has 6 heteroatoms. The molecule has 4 nitrogen and oxygen atoms in total. The summed E-state index contributed by atoms with van der Waals surface area (Å²) in [6.45, 7) is 2.51. The molecule has 0 unspecified atom stereocenters. The van der Waals surface area contributed by atoms with E-state index in [0.29, 0.717) is 23.2 Å². The molecule has 0 amide bonds. The standard InChI is InChI=1S/C18H16Cl2N4/c1-12-22-17(21-11-13-5-7-14(19)8-6-13)10-18(23-12)24-16-4-2-3-15(20)9-16/h2-10H,11H2,1H3,(H2,21,22,23,24). The van der Waals surface area contributed by atoms with E-state index in [4.69, 9.17) is 23.2 Å². The maximum absolute atomic E-state index is 6.01. The van der Waals surface area contributed by atoms with E-state index in [9.17, 15) is 0 Å². The van der Waals surface area contributed by atoms with E-state index in [1.807, 2.05) is 61.5 Å². The summed E-state index contributed by atoms with van der Waals surface area (Å²) in [6.07, 6.45) is 0.